The van der Waals surface area contributed by atoms with Crippen molar-refractivity contribution in [3.63, 3.8) is 0 Å². The minimum absolute atomic E-state index is 0.116. The number of halogens is 1. The van der Waals surface area contributed by atoms with Crippen LogP contribution in [-0.4, -0.2) is 33.6 Å². The number of ether oxygens (including phenoxy) is 1. The third kappa shape index (κ3) is 3.85. The van der Waals surface area contributed by atoms with E-state index >= 15 is 0 Å². The van der Waals surface area contributed by atoms with Crippen molar-refractivity contribution < 1.29 is 9.53 Å². The summed E-state index contributed by atoms with van der Waals surface area (Å²) in [5.74, 6) is 1.05. The Bertz CT molecular complexity index is 1220. The molecular formula is C27H31BrN2O2S. The van der Waals surface area contributed by atoms with E-state index in [2.05, 4.69) is 89.7 Å². The lowest BCUT2D eigenvalue weighted by Gasteiger charge is -2.35. The Balaban J connectivity index is 1.77. The van der Waals surface area contributed by atoms with Crippen LogP contribution in [0.2, 0.25) is 0 Å². The van der Waals surface area contributed by atoms with Gasteiger partial charge >= 0.3 is 0 Å². The van der Waals surface area contributed by atoms with Crippen LogP contribution in [0.4, 0.5) is 0 Å². The maximum Gasteiger partial charge on any atom is 0.271 e. The molecule has 0 radical (unpaired) electrons. The summed E-state index contributed by atoms with van der Waals surface area (Å²) in [5.41, 5.74) is 6.83. The van der Waals surface area contributed by atoms with Crippen LogP contribution in [0.3, 0.4) is 0 Å². The number of rotatable bonds is 3. The Morgan fingerprint density at radius 2 is 1.91 bits per heavy atom. The van der Waals surface area contributed by atoms with Crippen LogP contribution in [0.25, 0.3) is 21.7 Å². The molecule has 2 aliphatic rings. The summed E-state index contributed by atoms with van der Waals surface area (Å²) < 4.78 is 9.33. The summed E-state index contributed by atoms with van der Waals surface area (Å²) in [6, 6.07) is 8.68. The van der Waals surface area contributed by atoms with Crippen molar-refractivity contribution in [1.82, 2.24) is 9.47 Å². The zero-order valence-electron chi connectivity index (χ0n) is 20.0. The van der Waals surface area contributed by atoms with Crippen molar-refractivity contribution in [1.29, 1.82) is 0 Å². The van der Waals surface area contributed by atoms with Crippen LogP contribution in [0.15, 0.2) is 34.1 Å². The summed E-state index contributed by atoms with van der Waals surface area (Å²) in [6.07, 6.45) is 2.91. The number of hydrogen-bond acceptors (Lipinski definition) is 3. The topological polar surface area (TPSA) is 34.5 Å². The number of nitrogens with zero attached hydrogens (tertiary/aromatic N) is 2. The first-order valence-corrected chi connectivity index (χ1v) is 13.4. The lowest BCUT2D eigenvalue weighted by atomic mass is 9.94. The summed E-state index contributed by atoms with van der Waals surface area (Å²) in [4.78, 5) is 17.3. The highest BCUT2D eigenvalue weighted by molar-refractivity contribution is 9.10. The van der Waals surface area contributed by atoms with Gasteiger partial charge in [0.2, 0.25) is 0 Å². The molecule has 0 N–H and O–H groups in total. The Morgan fingerprint density at radius 3 is 2.58 bits per heavy atom. The van der Waals surface area contributed by atoms with Crippen LogP contribution in [0, 0.1) is 0 Å². The van der Waals surface area contributed by atoms with Gasteiger partial charge in [0.15, 0.2) is 0 Å². The molecular weight excluding hydrogens is 496 g/mol. The monoisotopic (exact) mass is 526 g/mol. The fraction of sp³-hybridized carbons (Fsp3) is 0.444. The molecule has 0 unspecified atom stereocenters. The quantitative estimate of drug-likeness (QED) is 0.362. The maximum absolute atomic E-state index is 14.0. The molecule has 1 aromatic carbocycles. The van der Waals surface area contributed by atoms with Gasteiger partial charge in [0.1, 0.15) is 11.4 Å². The fourth-order valence-corrected chi connectivity index (χ4v) is 6.47. The predicted octanol–water partition coefficient (Wildman–Crippen LogP) is 7.18. The second-order valence-corrected chi connectivity index (χ2v) is 12.1. The van der Waals surface area contributed by atoms with Gasteiger partial charge in [-0.3, -0.25) is 4.79 Å². The molecule has 4 heterocycles. The Labute approximate surface area is 208 Å². The normalized spacial score (nSPS) is 15.8. The second kappa shape index (κ2) is 8.31. The van der Waals surface area contributed by atoms with E-state index in [1.165, 1.54) is 32.8 Å². The van der Waals surface area contributed by atoms with Crippen molar-refractivity contribution in [3.8, 4) is 27.4 Å². The lowest BCUT2D eigenvalue weighted by Crippen LogP contribution is -2.46. The zero-order valence-corrected chi connectivity index (χ0v) is 22.4. The number of benzene rings is 1. The Kier molecular flexibility index (Phi) is 5.73. The van der Waals surface area contributed by atoms with Gasteiger partial charge in [0.25, 0.3) is 5.91 Å². The number of aromatic nitrogens is 1. The second-order valence-electron chi connectivity index (χ2n) is 10.3. The third-order valence-electron chi connectivity index (χ3n) is 6.58. The molecule has 3 aromatic rings. The van der Waals surface area contributed by atoms with E-state index < -0.39 is 0 Å². The van der Waals surface area contributed by atoms with Crippen LogP contribution < -0.4 is 4.74 Å². The number of fused-ring (bicyclic) bond motifs is 5. The minimum atomic E-state index is -0.203. The van der Waals surface area contributed by atoms with Crippen molar-refractivity contribution in [2.45, 2.75) is 72.1 Å². The van der Waals surface area contributed by atoms with Gasteiger partial charge < -0.3 is 14.2 Å². The van der Waals surface area contributed by atoms with E-state index in [1.807, 2.05) is 0 Å². The minimum Gasteiger partial charge on any atom is -0.490 e. The molecule has 1 amide bonds. The molecule has 2 aromatic heterocycles. The van der Waals surface area contributed by atoms with Crippen LogP contribution in [0.5, 0.6) is 5.75 Å². The number of carbonyl (C=O) groups is 1. The first kappa shape index (κ1) is 22.7. The van der Waals surface area contributed by atoms with Crippen LogP contribution >= 0.6 is 27.3 Å². The van der Waals surface area contributed by atoms with Gasteiger partial charge in [-0.15, -0.1) is 11.3 Å². The van der Waals surface area contributed by atoms with Gasteiger partial charge in [0, 0.05) is 34.6 Å². The highest BCUT2D eigenvalue weighted by Gasteiger charge is 2.38. The highest BCUT2D eigenvalue weighted by Crippen LogP contribution is 2.48. The first-order chi connectivity index (χ1) is 15.7. The van der Waals surface area contributed by atoms with Crippen molar-refractivity contribution >= 4 is 33.2 Å². The average Bonchev–Trinajstić information content (AvgIpc) is 3.31. The molecule has 174 valence electrons. The summed E-state index contributed by atoms with van der Waals surface area (Å²) in [5, 5.41) is 2.13. The van der Waals surface area contributed by atoms with Crippen molar-refractivity contribution in [3.05, 3.63) is 50.9 Å². The number of aryl methyl sites for hydroxylation is 1. The van der Waals surface area contributed by atoms with Gasteiger partial charge in [-0.2, -0.15) is 0 Å². The van der Waals surface area contributed by atoms with E-state index in [0.717, 1.165) is 48.3 Å². The van der Waals surface area contributed by atoms with Gasteiger partial charge in [-0.25, -0.2) is 0 Å². The standard InChI is InChI=1S/C27H31BrN2O2S/c1-16(2)32-21-14-17-10-12-29-24(19(17)15-20(21)28)23(22-9-7-13-33-22)18-8-6-11-30(27(3,4)5)26(31)25(18)29/h7,9,13-16H,6,8,10-12H2,1-5H3. The smallest absolute Gasteiger partial charge is 0.271 e. The molecule has 0 atom stereocenters. The van der Waals surface area contributed by atoms with E-state index in [4.69, 9.17) is 4.74 Å². The van der Waals surface area contributed by atoms with Crippen molar-refractivity contribution in [2.24, 2.45) is 0 Å². The van der Waals surface area contributed by atoms with E-state index in [9.17, 15) is 4.79 Å². The molecule has 0 aliphatic carbocycles. The first-order valence-electron chi connectivity index (χ1n) is 11.8. The Hall–Kier alpha value is -2.05. The molecule has 5 rings (SSSR count). The van der Waals surface area contributed by atoms with Crippen LogP contribution in [-0.2, 0) is 19.4 Å². The predicted molar refractivity (Wildman–Crippen MR) is 139 cm³/mol. The number of amides is 1. The number of carbonyl (C=O) groups excluding carboxylic acids is 1. The summed E-state index contributed by atoms with van der Waals surface area (Å²) in [7, 11) is 0. The third-order valence-corrected chi connectivity index (χ3v) is 8.09. The zero-order chi connectivity index (χ0) is 23.5. The van der Waals surface area contributed by atoms with Gasteiger partial charge in [0.05, 0.1) is 16.3 Å². The summed E-state index contributed by atoms with van der Waals surface area (Å²) in [6.45, 7) is 12.1. The number of hydrogen-bond donors (Lipinski definition) is 0. The number of thiophene rings is 1. The lowest BCUT2D eigenvalue weighted by molar-refractivity contribution is 0.0579. The van der Waals surface area contributed by atoms with Crippen LogP contribution in [0.1, 0.15) is 62.7 Å². The summed E-state index contributed by atoms with van der Waals surface area (Å²) >= 11 is 5.51. The van der Waals surface area contributed by atoms with E-state index in [1.54, 1.807) is 11.3 Å². The van der Waals surface area contributed by atoms with Gasteiger partial charge in [-0.05, 0) is 105 Å². The largest absolute Gasteiger partial charge is 0.490 e. The van der Waals surface area contributed by atoms with Crippen molar-refractivity contribution in [2.75, 3.05) is 6.54 Å². The molecule has 4 nitrogen and oxygen atoms in total. The molecule has 0 fully saturated rings. The highest BCUT2D eigenvalue weighted by atomic mass is 79.9. The molecule has 6 heteroatoms. The van der Waals surface area contributed by atoms with E-state index in [-0.39, 0.29) is 17.6 Å². The van der Waals surface area contributed by atoms with E-state index in [0.29, 0.717) is 0 Å². The molecule has 33 heavy (non-hydrogen) atoms. The molecule has 0 saturated heterocycles. The molecule has 0 saturated carbocycles. The molecule has 0 bridgehead atoms. The Morgan fingerprint density at radius 1 is 1.12 bits per heavy atom. The fourth-order valence-electron chi connectivity index (χ4n) is 5.23. The SMILES string of the molecule is CC(C)Oc1cc2c(cc1Br)-c1c(-c3cccs3)c3c(n1CC2)C(=O)N(C(C)(C)C)CCC3. The average molecular weight is 528 g/mol. The van der Waals surface area contributed by atoms with Gasteiger partial charge in [-0.1, -0.05) is 6.07 Å². The maximum atomic E-state index is 14.0. The molecule has 2 aliphatic heterocycles. The molecule has 0 spiro atoms.